The second kappa shape index (κ2) is 5.48. The highest BCUT2D eigenvalue weighted by atomic mass is 16.3. The molecule has 0 aromatic rings. The van der Waals surface area contributed by atoms with Crippen LogP contribution >= 0.6 is 0 Å². The molecule has 0 aromatic heterocycles. The maximum Gasteiger partial charge on any atom is 0.0664 e. The van der Waals surface area contributed by atoms with Crippen molar-refractivity contribution in [3.05, 3.63) is 0 Å². The number of hydrogen-bond donors (Lipinski definition) is 2. The van der Waals surface area contributed by atoms with Gasteiger partial charge in [-0.3, -0.25) is 4.90 Å². The van der Waals surface area contributed by atoms with Crippen LogP contribution in [-0.4, -0.2) is 47.3 Å². The molecule has 2 N–H and O–H groups in total. The van der Waals surface area contributed by atoms with Gasteiger partial charge in [0.25, 0.3) is 0 Å². The third-order valence-corrected chi connectivity index (χ3v) is 3.90. The first-order valence-electron chi connectivity index (χ1n) is 6.88. The second-order valence-corrected chi connectivity index (χ2v) is 5.56. The van der Waals surface area contributed by atoms with Crippen LogP contribution < -0.4 is 5.32 Å². The standard InChI is InChI=1S/C13H26N2O/c1-3-4-13(16)8-14-11-7-10(2)15(9-11)12-5-6-12/h10-14,16H,3-9H2,1-2H3. The van der Waals surface area contributed by atoms with Crippen molar-refractivity contribution in [1.82, 2.24) is 10.2 Å². The summed E-state index contributed by atoms with van der Waals surface area (Å²) in [6.07, 6.45) is 5.87. The van der Waals surface area contributed by atoms with E-state index in [-0.39, 0.29) is 6.10 Å². The van der Waals surface area contributed by atoms with Gasteiger partial charge < -0.3 is 10.4 Å². The van der Waals surface area contributed by atoms with Crippen LogP contribution in [0, 0.1) is 0 Å². The minimum absolute atomic E-state index is 0.157. The number of nitrogens with one attached hydrogen (secondary N) is 1. The molecule has 0 bridgehead atoms. The minimum Gasteiger partial charge on any atom is -0.392 e. The third-order valence-electron chi connectivity index (χ3n) is 3.90. The highest BCUT2D eigenvalue weighted by molar-refractivity contribution is 4.96. The average molecular weight is 226 g/mol. The van der Waals surface area contributed by atoms with E-state index in [1.807, 2.05) is 0 Å². The molecule has 2 rings (SSSR count). The highest BCUT2D eigenvalue weighted by Crippen LogP contribution is 2.33. The molecule has 0 aromatic carbocycles. The van der Waals surface area contributed by atoms with Crippen molar-refractivity contribution >= 4 is 0 Å². The Labute approximate surface area is 99.2 Å². The van der Waals surface area contributed by atoms with E-state index in [4.69, 9.17) is 0 Å². The van der Waals surface area contributed by atoms with Gasteiger partial charge in [0, 0.05) is 31.2 Å². The number of likely N-dealkylation sites (tertiary alicyclic amines) is 1. The van der Waals surface area contributed by atoms with E-state index in [9.17, 15) is 5.11 Å². The van der Waals surface area contributed by atoms with Gasteiger partial charge in [0.1, 0.15) is 0 Å². The van der Waals surface area contributed by atoms with Crippen LogP contribution in [0.4, 0.5) is 0 Å². The SMILES string of the molecule is CCCC(O)CNC1CC(C)N(C2CC2)C1. The first-order chi connectivity index (χ1) is 7.70. The first-order valence-corrected chi connectivity index (χ1v) is 6.88. The van der Waals surface area contributed by atoms with E-state index in [0.717, 1.165) is 31.5 Å². The number of hydrogen-bond acceptors (Lipinski definition) is 3. The summed E-state index contributed by atoms with van der Waals surface area (Å²) in [4.78, 5) is 2.64. The zero-order valence-corrected chi connectivity index (χ0v) is 10.7. The van der Waals surface area contributed by atoms with E-state index >= 15 is 0 Å². The number of nitrogens with zero attached hydrogens (tertiary/aromatic N) is 1. The van der Waals surface area contributed by atoms with Crippen LogP contribution in [0.2, 0.25) is 0 Å². The van der Waals surface area contributed by atoms with Gasteiger partial charge in [0.05, 0.1) is 6.10 Å². The lowest BCUT2D eigenvalue weighted by Gasteiger charge is -2.20. The Morgan fingerprint density at radius 3 is 2.81 bits per heavy atom. The Balaban J connectivity index is 1.67. The van der Waals surface area contributed by atoms with Gasteiger partial charge >= 0.3 is 0 Å². The summed E-state index contributed by atoms with van der Waals surface area (Å²) in [7, 11) is 0. The van der Waals surface area contributed by atoms with Crippen molar-refractivity contribution in [3.8, 4) is 0 Å². The molecule has 2 fully saturated rings. The van der Waals surface area contributed by atoms with Crippen molar-refractivity contribution < 1.29 is 5.11 Å². The molecule has 2 aliphatic rings. The van der Waals surface area contributed by atoms with Crippen LogP contribution in [0.5, 0.6) is 0 Å². The fourth-order valence-electron chi connectivity index (χ4n) is 2.86. The molecule has 1 saturated heterocycles. The number of aliphatic hydroxyl groups excluding tert-OH is 1. The van der Waals surface area contributed by atoms with Crippen molar-refractivity contribution in [2.75, 3.05) is 13.1 Å². The molecule has 0 spiro atoms. The van der Waals surface area contributed by atoms with Crippen LogP contribution in [0.15, 0.2) is 0 Å². The van der Waals surface area contributed by atoms with Crippen LogP contribution in [0.1, 0.15) is 46.0 Å². The van der Waals surface area contributed by atoms with Gasteiger partial charge in [0.15, 0.2) is 0 Å². The van der Waals surface area contributed by atoms with Crippen molar-refractivity contribution in [2.45, 2.75) is 70.2 Å². The molecule has 0 amide bonds. The van der Waals surface area contributed by atoms with Gasteiger partial charge in [-0.25, -0.2) is 0 Å². The molecule has 3 unspecified atom stereocenters. The monoisotopic (exact) mass is 226 g/mol. The van der Waals surface area contributed by atoms with Crippen molar-refractivity contribution in [3.63, 3.8) is 0 Å². The summed E-state index contributed by atoms with van der Waals surface area (Å²) in [6.45, 7) is 6.41. The molecular weight excluding hydrogens is 200 g/mol. The largest absolute Gasteiger partial charge is 0.392 e. The molecule has 3 nitrogen and oxygen atoms in total. The Hall–Kier alpha value is -0.120. The zero-order valence-electron chi connectivity index (χ0n) is 10.7. The summed E-state index contributed by atoms with van der Waals surface area (Å²) in [5, 5.41) is 13.2. The van der Waals surface area contributed by atoms with Crippen molar-refractivity contribution in [1.29, 1.82) is 0 Å². The summed E-state index contributed by atoms with van der Waals surface area (Å²) in [5.74, 6) is 0. The topological polar surface area (TPSA) is 35.5 Å². The summed E-state index contributed by atoms with van der Waals surface area (Å²) < 4.78 is 0. The predicted molar refractivity (Wildman–Crippen MR) is 66.5 cm³/mol. The molecular formula is C13H26N2O. The van der Waals surface area contributed by atoms with Crippen LogP contribution in [0.25, 0.3) is 0 Å². The molecule has 1 saturated carbocycles. The smallest absolute Gasteiger partial charge is 0.0664 e. The maximum absolute atomic E-state index is 9.69. The van der Waals surface area contributed by atoms with E-state index < -0.39 is 0 Å². The second-order valence-electron chi connectivity index (χ2n) is 5.56. The zero-order chi connectivity index (χ0) is 11.5. The normalized spacial score (nSPS) is 33.2. The fraction of sp³-hybridized carbons (Fsp3) is 1.00. The molecule has 16 heavy (non-hydrogen) atoms. The predicted octanol–water partition coefficient (Wildman–Crippen LogP) is 1.36. The van der Waals surface area contributed by atoms with E-state index in [2.05, 4.69) is 24.1 Å². The quantitative estimate of drug-likeness (QED) is 0.718. The van der Waals surface area contributed by atoms with E-state index in [0.29, 0.717) is 6.04 Å². The number of rotatable bonds is 6. The fourth-order valence-corrected chi connectivity index (χ4v) is 2.86. The molecule has 1 aliphatic carbocycles. The molecule has 3 atom stereocenters. The minimum atomic E-state index is -0.157. The summed E-state index contributed by atoms with van der Waals surface area (Å²) in [6, 6.07) is 2.21. The Bertz CT molecular complexity index is 218. The van der Waals surface area contributed by atoms with Gasteiger partial charge in [-0.2, -0.15) is 0 Å². The van der Waals surface area contributed by atoms with Gasteiger partial charge in [-0.15, -0.1) is 0 Å². The van der Waals surface area contributed by atoms with Gasteiger partial charge in [-0.1, -0.05) is 13.3 Å². The van der Waals surface area contributed by atoms with E-state index in [1.165, 1.54) is 25.8 Å². The first kappa shape index (κ1) is 12.3. The highest BCUT2D eigenvalue weighted by Gasteiger charge is 2.38. The van der Waals surface area contributed by atoms with Gasteiger partial charge in [0.2, 0.25) is 0 Å². The Morgan fingerprint density at radius 1 is 1.44 bits per heavy atom. The van der Waals surface area contributed by atoms with Crippen molar-refractivity contribution in [2.24, 2.45) is 0 Å². The molecule has 1 aliphatic heterocycles. The lowest BCUT2D eigenvalue weighted by molar-refractivity contribution is 0.156. The average Bonchev–Trinajstić information content (AvgIpc) is 3.01. The molecule has 1 heterocycles. The summed E-state index contributed by atoms with van der Waals surface area (Å²) in [5.41, 5.74) is 0. The summed E-state index contributed by atoms with van der Waals surface area (Å²) >= 11 is 0. The van der Waals surface area contributed by atoms with Gasteiger partial charge in [-0.05, 0) is 32.6 Å². The lowest BCUT2D eigenvalue weighted by Crippen LogP contribution is -2.38. The molecule has 0 radical (unpaired) electrons. The maximum atomic E-state index is 9.69. The lowest BCUT2D eigenvalue weighted by atomic mass is 10.1. The molecule has 94 valence electrons. The van der Waals surface area contributed by atoms with Crippen LogP contribution in [0.3, 0.4) is 0 Å². The van der Waals surface area contributed by atoms with Crippen LogP contribution in [-0.2, 0) is 0 Å². The molecule has 3 heteroatoms. The third kappa shape index (κ3) is 3.19. The Morgan fingerprint density at radius 2 is 2.19 bits per heavy atom. The number of aliphatic hydroxyl groups is 1. The Kier molecular flexibility index (Phi) is 4.22. The van der Waals surface area contributed by atoms with E-state index in [1.54, 1.807) is 0 Å².